The van der Waals surface area contributed by atoms with E-state index in [1.807, 2.05) is 48.7 Å². The fourth-order valence-electron chi connectivity index (χ4n) is 3.67. The maximum Gasteiger partial charge on any atom is 0.243 e. The lowest BCUT2D eigenvalue weighted by Gasteiger charge is -2.30. The summed E-state index contributed by atoms with van der Waals surface area (Å²) in [6.45, 7) is 4.37. The van der Waals surface area contributed by atoms with Gasteiger partial charge in [0.15, 0.2) is 0 Å². The number of anilines is 3. The Labute approximate surface area is 175 Å². The molecule has 6 heteroatoms. The summed E-state index contributed by atoms with van der Waals surface area (Å²) in [5, 5.41) is 9.37. The largest absolute Gasteiger partial charge is 0.374 e. The maximum atomic E-state index is 12.5. The molecular weight excluding hydrogens is 380 g/mol. The van der Waals surface area contributed by atoms with Crippen molar-refractivity contribution in [2.24, 2.45) is 0 Å². The van der Waals surface area contributed by atoms with Crippen LogP contribution < -0.4 is 15.5 Å². The van der Waals surface area contributed by atoms with Crippen LogP contribution in [0.2, 0.25) is 0 Å². The van der Waals surface area contributed by atoms with Crippen LogP contribution in [0.15, 0.2) is 53.9 Å². The number of hydrogen-bond donors (Lipinski definition) is 2. The van der Waals surface area contributed by atoms with Crippen LogP contribution in [-0.2, 0) is 4.79 Å². The van der Waals surface area contributed by atoms with Gasteiger partial charge >= 0.3 is 0 Å². The zero-order valence-corrected chi connectivity index (χ0v) is 17.5. The standard InChI is InChI=1S/C23H26N4OS/c1-17-25-21(16-29-17)18-8-7-9-19(14-18)26-23(28)15-24-20-10-3-4-11-22(20)27-12-5-2-6-13-27/h3-4,7-11,14,16,24H,2,5-6,12-13,15H2,1H3,(H,26,28). The molecule has 1 aliphatic heterocycles. The number of aryl methyl sites for hydroxylation is 1. The van der Waals surface area contributed by atoms with Gasteiger partial charge in [-0.05, 0) is 50.5 Å². The number of para-hydroxylation sites is 2. The van der Waals surface area contributed by atoms with Gasteiger partial charge in [0.25, 0.3) is 0 Å². The Morgan fingerprint density at radius 2 is 1.93 bits per heavy atom. The van der Waals surface area contributed by atoms with Gasteiger partial charge in [0, 0.05) is 29.7 Å². The summed E-state index contributed by atoms with van der Waals surface area (Å²) in [5.74, 6) is -0.0648. The Morgan fingerprint density at radius 1 is 1.10 bits per heavy atom. The van der Waals surface area contributed by atoms with Gasteiger partial charge < -0.3 is 15.5 Å². The van der Waals surface area contributed by atoms with Gasteiger partial charge in [0.1, 0.15) is 0 Å². The molecule has 1 amide bonds. The number of piperidine rings is 1. The second kappa shape index (κ2) is 9.09. The number of aromatic nitrogens is 1. The van der Waals surface area contributed by atoms with E-state index in [9.17, 15) is 4.79 Å². The number of amides is 1. The first kappa shape index (κ1) is 19.5. The highest BCUT2D eigenvalue weighted by atomic mass is 32.1. The fraction of sp³-hybridized carbons (Fsp3) is 0.304. The third-order valence-electron chi connectivity index (χ3n) is 5.10. The third kappa shape index (κ3) is 4.95. The van der Waals surface area contributed by atoms with Crippen LogP contribution in [-0.4, -0.2) is 30.5 Å². The SMILES string of the molecule is Cc1nc(-c2cccc(NC(=O)CNc3ccccc3N3CCCCC3)c2)cs1. The highest BCUT2D eigenvalue weighted by Crippen LogP contribution is 2.28. The van der Waals surface area contributed by atoms with E-state index in [1.54, 1.807) is 11.3 Å². The van der Waals surface area contributed by atoms with Crippen molar-refractivity contribution in [3.63, 3.8) is 0 Å². The van der Waals surface area contributed by atoms with Gasteiger partial charge in [-0.15, -0.1) is 11.3 Å². The van der Waals surface area contributed by atoms with E-state index in [2.05, 4.69) is 32.7 Å². The van der Waals surface area contributed by atoms with E-state index in [1.165, 1.54) is 24.9 Å². The molecule has 0 atom stereocenters. The van der Waals surface area contributed by atoms with Crippen LogP contribution >= 0.6 is 11.3 Å². The van der Waals surface area contributed by atoms with Gasteiger partial charge in [-0.1, -0.05) is 24.3 Å². The van der Waals surface area contributed by atoms with Gasteiger partial charge in [0.05, 0.1) is 28.6 Å². The Kier molecular flexibility index (Phi) is 6.10. The lowest BCUT2D eigenvalue weighted by molar-refractivity contribution is -0.114. The molecule has 0 radical (unpaired) electrons. The highest BCUT2D eigenvalue weighted by molar-refractivity contribution is 7.09. The Bertz CT molecular complexity index is 978. The summed E-state index contributed by atoms with van der Waals surface area (Å²) in [4.78, 5) is 19.5. The van der Waals surface area contributed by atoms with Crippen molar-refractivity contribution >= 4 is 34.3 Å². The molecule has 5 nitrogen and oxygen atoms in total. The Morgan fingerprint density at radius 3 is 2.72 bits per heavy atom. The normalized spacial score (nSPS) is 13.9. The van der Waals surface area contributed by atoms with Crippen molar-refractivity contribution in [3.05, 3.63) is 58.9 Å². The zero-order chi connectivity index (χ0) is 20.1. The lowest BCUT2D eigenvalue weighted by Crippen LogP contribution is -2.30. The summed E-state index contributed by atoms with van der Waals surface area (Å²) in [6.07, 6.45) is 3.75. The minimum atomic E-state index is -0.0648. The molecule has 0 unspecified atom stereocenters. The Hall–Kier alpha value is -2.86. The molecule has 29 heavy (non-hydrogen) atoms. The molecule has 1 aromatic heterocycles. The van der Waals surface area contributed by atoms with Crippen LogP contribution in [0.5, 0.6) is 0 Å². The number of benzene rings is 2. The average Bonchev–Trinajstić information content (AvgIpc) is 3.20. The van der Waals surface area contributed by atoms with E-state index in [0.29, 0.717) is 0 Å². The molecule has 150 valence electrons. The first-order valence-electron chi connectivity index (χ1n) is 10.1. The highest BCUT2D eigenvalue weighted by Gasteiger charge is 2.14. The van der Waals surface area contributed by atoms with Crippen LogP contribution in [0.25, 0.3) is 11.3 Å². The number of rotatable bonds is 6. The molecule has 2 aromatic carbocycles. The van der Waals surface area contributed by atoms with Crippen LogP contribution in [0.3, 0.4) is 0 Å². The van der Waals surface area contributed by atoms with Crippen LogP contribution in [0.4, 0.5) is 17.1 Å². The van der Waals surface area contributed by atoms with Gasteiger partial charge in [-0.25, -0.2) is 4.98 Å². The molecular formula is C23H26N4OS. The van der Waals surface area contributed by atoms with E-state index in [0.717, 1.165) is 40.7 Å². The molecule has 1 saturated heterocycles. The zero-order valence-electron chi connectivity index (χ0n) is 16.6. The van der Waals surface area contributed by atoms with E-state index >= 15 is 0 Å². The molecule has 4 rings (SSSR count). The summed E-state index contributed by atoms with van der Waals surface area (Å²) in [6, 6.07) is 16.1. The lowest BCUT2D eigenvalue weighted by atomic mass is 10.1. The van der Waals surface area contributed by atoms with Crippen LogP contribution in [0, 0.1) is 6.92 Å². The number of thiazole rings is 1. The van der Waals surface area contributed by atoms with Crippen molar-refractivity contribution in [2.45, 2.75) is 26.2 Å². The first-order chi connectivity index (χ1) is 14.2. The van der Waals surface area contributed by atoms with Gasteiger partial charge in [0.2, 0.25) is 5.91 Å². The number of nitrogens with zero attached hydrogens (tertiary/aromatic N) is 2. The molecule has 0 saturated carbocycles. The summed E-state index contributed by atoms with van der Waals surface area (Å²) in [5.41, 5.74) is 4.93. The van der Waals surface area contributed by atoms with Crippen LogP contribution in [0.1, 0.15) is 24.3 Å². The van der Waals surface area contributed by atoms with Crippen molar-refractivity contribution in [1.29, 1.82) is 0 Å². The quantitative estimate of drug-likeness (QED) is 0.594. The number of carbonyl (C=O) groups is 1. The monoisotopic (exact) mass is 406 g/mol. The van der Waals surface area contributed by atoms with Crippen molar-refractivity contribution < 1.29 is 4.79 Å². The van der Waals surface area contributed by atoms with Gasteiger partial charge in [-0.2, -0.15) is 0 Å². The van der Waals surface area contributed by atoms with E-state index in [4.69, 9.17) is 0 Å². The smallest absolute Gasteiger partial charge is 0.243 e. The number of nitrogens with one attached hydrogen (secondary N) is 2. The van der Waals surface area contributed by atoms with Crippen molar-refractivity contribution in [3.8, 4) is 11.3 Å². The molecule has 0 spiro atoms. The average molecular weight is 407 g/mol. The maximum absolute atomic E-state index is 12.5. The minimum absolute atomic E-state index is 0.0648. The molecule has 0 bridgehead atoms. The first-order valence-corrected chi connectivity index (χ1v) is 11.0. The van der Waals surface area contributed by atoms with Gasteiger partial charge in [-0.3, -0.25) is 4.79 Å². The molecule has 0 aliphatic carbocycles. The fourth-order valence-corrected chi connectivity index (χ4v) is 4.29. The number of hydrogen-bond acceptors (Lipinski definition) is 5. The number of carbonyl (C=O) groups excluding carboxylic acids is 1. The third-order valence-corrected chi connectivity index (χ3v) is 5.87. The summed E-state index contributed by atoms with van der Waals surface area (Å²) < 4.78 is 0. The predicted octanol–water partition coefficient (Wildman–Crippen LogP) is 5.16. The summed E-state index contributed by atoms with van der Waals surface area (Å²) >= 11 is 1.63. The molecule has 3 aromatic rings. The molecule has 2 N–H and O–H groups in total. The molecule has 1 fully saturated rings. The molecule has 2 heterocycles. The minimum Gasteiger partial charge on any atom is -0.374 e. The second-order valence-corrected chi connectivity index (χ2v) is 8.36. The Balaban J connectivity index is 1.39. The predicted molar refractivity (Wildman–Crippen MR) is 122 cm³/mol. The molecule has 1 aliphatic rings. The van der Waals surface area contributed by atoms with E-state index in [-0.39, 0.29) is 12.5 Å². The van der Waals surface area contributed by atoms with Crippen molar-refractivity contribution in [1.82, 2.24) is 4.98 Å². The van der Waals surface area contributed by atoms with E-state index < -0.39 is 0 Å². The second-order valence-electron chi connectivity index (χ2n) is 7.30. The summed E-state index contributed by atoms with van der Waals surface area (Å²) in [7, 11) is 0. The van der Waals surface area contributed by atoms with Crippen molar-refractivity contribution in [2.75, 3.05) is 35.2 Å². The topological polar surface area (TPSA) is 57.3 Å².